The minimum absolute atomic E-state index is 0.0337. The van der Waals surface area contributed by atoms with Gasteiger partial charge in [0.15, 0.2) is 17.3 Å². The smallest absolute Gasteiger partial charge is 0.321 e. The van der Waals surface area contributed by atoms with Gasteiger partial charge in [0.2, 0.25) is 12.7 Å². The molecule has 3 aromatic rings. The van der Waals surface area contributed by atoms with Crippen molar-refractivity contribution in [2.75, 3.05) is 32.3 Å². The molecule has 154 valence electrons. The molecule has 0 bridgehead atoms. The normalized spacial score (nSPS) is 15.0. The van der Waals surface area contributed by atoms with E-state index in [4.69, 9.17) is 18.7 Å². The number of hydrogen-bond acceptors (Lipinski definition) is 7. The van der Waals surface area contributed by atoms with Crippen LogP contribution in [0.4, 0.5) is 10.5 Å². The molecule has 0 unspecified atom stereocenters. The summed E-state index contributed by atoms with van der Waals surface area (Å²) in [6.45, 7) is 1.24. The summed E-state index contributed by atoms with van der Waals surface area (Å²) in [5.74, 6) is 3.27. The first-order valence-corrected chi connectivity index (χ1v) is 9.59. The van der Waals surface area contributed by atoms with Crippen molar-refractivity contribution in [1.82, 2.24) is 15.0 Å². The van der Waals surface area contributed by atoms with Crippen molar-refractivity contribution in [3.05, 3.63) is 59.7 Å². The molecule has 2 aliphatic heterocycles. The maximum atomic E-state index is 12.5. The van der Waals surface area contributed by atoms with Crippen molar-refractivity contribution in [2.24, 2.45) is 0 Å². The SMILES string of the molecule is COc1ccccc1Cc1noc(C2CN(C(=O)Nc3ccc4c(c3)OCO4)C2)n1. The Balaban J connectivity index is 1.16. The monoisotopic (exact) mass is 408 g/mol. The number of para-hydroxylation sites is 1. The number of anilines is 1. The molecular formula is C21H20N4O5. The van der Waals surface area contributed by atoms with Gasteiger partial charge in [-0.25, -0.2) is 4.79 Å². The zero-order valence-electron chi connectivity index (χ0n) is 16.3. The molecule has 1 saturated heterocycles. The first-order chi connectivity index (χ1) is 14.7. The molecule has 2 amide bonds. The molecule has 0 saturated carbocycles. The number of amides is 2. The number of methoxy groups -OCH3 is 1. The third kappa shape index (κ3) is 3.49. The fraction of sp³-hybridized carbons (Fsp3) is 0.286. The highest BCUT2D eigenvalue weighted by atomic mass is 16.7. The van der Waals surface area contributed by atoms with Crippen molar-refractivity contribution in [1.29, 1.82) is 0 Å². The van der Waals surface area contributed by atoms with Gasteiger partial charge in [0, 0.05) is 36.8 Å². The Kier molecular flexibility index (Phi) is 4.62. The van der Waals surface area contributed by atoms with Gasteiger partial charge < -0.3 is 29.0 Å². The number of likely N-dealkylation sites (tertiary alicyclic amines) is 1. The molecular weight excluding hydrogens is 388 g/mol. The average molecular weight is 408 g/mol. The van der Waals surface area contributed by atoms with Crippen molar-refractivity contribution in [3.63, 3.8) is 0 Å². The van der Waals surface area contributed by atoms with Crippen LogP contribution in [0.5, 0.6) is 17.2 Å². The minimum atomic E-state index is -0.182. The van der Waals surface area contributed by atoms with Crippen LogP contribution in [0.15, 0.2) is 47.0 Å². The van der Waals surface area contributed by atoms with Crippen LogP contribution in [-0.2, 0) is 6.42 Å². The topological polar surface area (TPSA) is 99.0 Å². The standard InChI is InChI=1S/C21H20N4O5/c1-27-16-5-3-2-4-13(16)8-19-23-20(30-24-19)14-10-25(11-14)21(26)22-15-6-7-17-18(9-15)29-12-28-17/h2-7,9,14H,8,10-12H2,1H3,(H,22,26). The van der Waals surface area contributed by atoms with E-state index in [1.807, 2.05) is 24.3 Å². The Morgan fingerprint density at radius 3 is 2.90 bits per heavy atom. The molecule has 30 heavy (non-hydrogen) atoms. The Bertz CT molecular complexity index is 1080. The predicted molar refractivity (Wildman–Crippen MR) is 106 cm³/mol. The molecule has 1 N–H and O–H groups in total. The average Bonchev–Trinajstić information content (AvgIpc) is 3.36. The molecule has 2 aliphatic rings. The molecule has 0 spiro atoms. The fourth-order valence-corrected chi connectivity index (χ4v) is 3.50. The van der Waals surface area contributed by atoms with Crippen molar-refractivity contribution < 1.29 is 23.5 Å². The second kappa shape index (κ2) is 7.58. The zero-order valence-corrected chi connectivity index (χ0v) is 16.3. The largest absolute Gasteiger partial charge is 0.496 e. The third-order valence-electron chi connectivity index (χ3n) is 5.17. The van der Waals surface area contributed by atoms with Crippen LogP contribution in [0, 0.1) is 0 Å². The number of fused-ring (bicyclic) bond motifs is 1. The van der Waals surface area contributed by atoms with E-state index >= 15 is 0 Å². The lowest BCUT2D eigenvalue weighted by Gasteiger charge is -2.36. The summed E-state index contributed by atoms with van der Waals surface area (Å²) in [4.78, 5) is 18.6. The fourth-order valence-electron chi connectivity index (χ4n) is 3.50. The van der Waals surface area contributed by atoms with E-state index in [9.17, 15) is 4.79 Å². The molecule has 1 fully saturated rings. The molecule has 3 heterocycles. The van der Waals surface area contributed by atoms with E-state index in [-0.39, 0.29) is 18.7 Å². The Hall–Kier alpha value is -3.75. The Labute approximate surface area is 172 Å². The molecule has 9 nitrogen and oxygen atoms in total. The second-order valence-corrected chi connectivity index (χ2v) is 7.14. The highest BCUT2D eigenvalue weighted by molar-refractivity contribution is 5.90. The molecule has 0 aliphatic carbocycles. The summed E-state index contributed by atoms with van der Waals surface area (Å²) >= 11 is 0. The van der Waals surface area contributed by atoms with Crippen LogP contribution in [-0.4, -0.2) is 48.1 Å². The number of carbonyl (C=O) groups is 1. The number of hydrogen-bond donors (Lipinski definition) is 1. The van der Waals surface area contributed by atoms with Gasteiger partial charge in [-0.2, -0.15) is 4.98 Å². The summed E-state index contributed by atoms with van der Waals surface area (Å²) in [5, 5.41) is 6.94. The Morgan fingerprint density at radius 2 is 2.03 bits per heavy atom. The van der Waals surface area contributed by atoms with Crippen LogP contribution in [0.25, 0.3) is 0 Å². The molecule has 9 heteroatoms. The van der Waals surface area contributed by atoms with Gasteiger partial charge in [-0.15, -0.1) is 0 Å². The van der Waals surface area contributed by atoms with Gasteiger partial charge in [0.05, 0.1) is 13.0 Å². The molecule has 1 aromatic heterocycles. The van der Waals surface area contributed by atoms with Gasteiger partial charge in [0.1, 0.15) is 5.75 Å². The molecule has 2 aromatic carbocycles. The summed E-state index contributed by atoms with van der Waals surface area (Å²) in [7, 11) is 1.64. The number of aromatic nitrogens is 2. The predicted octanol–water partition coefficient (Wildman–Crippen LogP) is 3.03. The van der Waals surface area contributed by atoms with E-state index in [1.54, 1.807) is 30.2 Å². The second-order valence-electron chi connectivity index (χ2n) is 7.14. The van der Waals surface area contributed by atoms with E-state index in [0.29, 0.717) is 48.4 Å². The Morgan fingerprint density at radius 1 is 1.20 bits per heavy atom. The first-order valence-electron chi connectivity index (χ1n) is 9.59. The van der Waals surface area contributed by atoms with Crippen molar-refractivity contribution in [2.45, 2.75) is 12.3 Å². The van der Waals surface area contributed by atoms with E-state index in [0.717, 1.165) is 11.3 Å². The van der Waals surface area contributed by atoms with Crippen LogP contribution in [0.2, 0.25) is 0 Å². The number of benzene rings is 2. The van der Waals surface area contributed by atoms with Crippen LogP contribution in [0.3, 0.4) is 0 Å². The summed E-state index contributed by atoms with van der Waals surface area (Å²) in [6.07, 6.45) is 0.522. The van der Waals surface area contributed by atoms with Gasteiger partial charge in [0.25, 0.3) is 0 Å². The van der Waals surface area contributed by atoms with Gasteiger partial charge in [-0.05, 0) is 18.2 Å². The number of urea groups is 1. The number of nitrogens with one attached hydrogen (secondary N) is 1. The maximum absolute atomic E-state index is 12.5. The van der Waals surface area contributed by atoms with Gasteiger partial charge >= 0.3 is 6.03 Å². The van der Waals surface area contributed by atoms with Gasteiger partial charge in [-0.3, -0.25) is 0 Å². The van der Waals surface area contributed by atoms with Crippen molar-refractivity contribution in [3.8, 4) is 17.2 Å². The summed E-state index contributed by atoms with van der Waals surface area (Å²) in [5.41, 5.74) is 1.65. The number of carbonyl (C=O) groups excluding carboxylic acids is 1. The lowest BCUT2D eigenvalue weighted by atomic mass is 10.0. The van der Waals surface area contributed by atoms with E-state index in [2.05, 4.69) is 15.5 Å². The van der Waals surface area contributed by atoms with Crippen LogP contribution >= 0.6 is 0 Å². The van der Waals surface area contributed by atoms with Crippen LogP contribution in [0.1, 0.15) is 23.2 Å². The first kappa shape index (κ1) is 18.3. The molecule has 5 rings (SSSR count). The summed E-state index contributed by atoms with van der Waals surface area (Å²) < 4.78 is 21.4. The van der Waals surface area contributed by atoms with Gasteiger partial charge in [-0.1, -0.05) is 23.4 Å². The molecule has 0 atom stereocenters. The summed E-state index contributed by atoms with van der Waals surface area (Å²) in [6, 6.07) is 12.9. The maximum Gasteiger partial charge on any atom is 0.321 e. The number of nitrogens with zero attached hydrogens (tertiary/aromatic N) is 3. The highest BCUT2D eigenvalue weighted by Gasteiger charge is 2.35. The lowest BCUT2D eigenvalue weighted by molar-refractivity contribution is 0.147. The van der Waals surface area contributed by atoms with E-state index in [1.165, 1.54) is 0 Å². The lowest BCUT2D eigenvalue weighted by Crippen LogP contribution is -2.50. The number of rotatable bonds is 5. The van der Waals surface area contributed by atoms with Crippen LogP contribution < -0.4 is 19.5 Å². The highest BCUT2D eigenvalue weighted by Crippen LogP contribution is 2.34. The molecule has 0 radical (unpaired) electrons. The van der Waals surface area contributed by atoms with E-state index < -0.39 is 0 Å². The third-order valence-corrected chi connectivity index (χ3v) is 5.17. The van der Waals surface area contributed by atoms with Crippen molar-refractivity contribution >= 4 is 11.7 Å². The zero-order chi connectivity index (χ0) is 20.5. The number of ether oxygens (including phenoxy) is 3. The minimum Gasteiger partial charge on any atom is -0.496 e. The quantitative estimate of drug-likeness (QED) is 0.693.